The van der Waals surface area contributed by atoms with Crippen molar-refractivity contribution in [1.82, 2.24) is 10.6 Å². The number of urea groups is 1. The van der Waals surface area contributed by atoms with Crippen LogP contribution in [0.3, 0.4) is 0 Å². The Morgan fingerprint density at radius 1 is 1.17 bits per heavy atom. The summed E-state index contributed by atoms with van der Waals surface area (Å²) in [6, 6.07) is -0.188. The predicted molar refractivity (Wildman–Crippen MR) is 69.5 cm³/mol. The number of nitrogens with one attached hydrogen (secondary N) is 2. The molecule has 0 aromatic heterocycles. The van der Waals surface area contributed by atoms with Gasteiger partial charge in [-0.05, 0) is 24.7 Å². The highest BCUT2D eigenvalue weighted by atomic mass is 16.4. The zero-order valence-corrected chi connectivity index (χ0v) is 11.1. The molecule has 0 aromatic rings. The predicted octanol–water partition coefficient (Wildman–Crippen LogP) is 2.12. The lowest BCUT2D eigenvalue weighted by atomic mass is 9.76. The third-order valence-electron chi connectivity index (χ3n) is 3.59. The third-order valence-corrected chi connectivity index (χ3v) is 3.59. The van der Waals surface area contributed by atoms with Crippen LogP contribution in [0.25, 0.3) is 0 Å². The molecule has 0 atom stereocenters. The summed E-state index contributed by atoms with van der Waals surface area (Å²) >= 11 is 0. The van der Waals surface area contributed by atoms with Gasteiger partial charge in [-0.15, -0.1) is 0 Å². The first-order chi connectivity index (χ1) is 8.52. The Kier molecular flexibility index (Phi) is 5.95. The van der Waals surface area contributed by atoms with Gasteiger partial charge >= 0.3 is 12.0 Å². The largest absolute Gasteiger partial charge is 0.481 e. The molecular weight excluding hydrogens is 232 g/mol. The van der Waals surface area contributed by atoms with Gasteiger partial charge in [-0.3, -0.25) is 4.79 Å². The lowest BCUT2D eigenvalue weighted by Gasteiger charge is -2.33. The van der Waals surface area contributed by atoms with Crippen molar-refractivity contribution in [3.05, 3.63) is 0 Å². The molecule has 1 aliphatic rings. The molecule has 0 aromatic carbocycles. The Labute approximate surface area is 108 Å². The number of carbonyl (C=O) groups is 2. The molecule has 0 bridgehead atoms. The summed E-state index contributed by atoms with van der Waals surface area (Å²) in [6.45, 7) is 3.34. The van der Waals surface area contributed by atoms with Gasteiger partial charge in [0.25, 0.3) is 0 Å². The van der Waals surface area contributed by atoms with E-state index in [2.05, 4.69) is 17.6 Å². The van der Waals surface area contributed by atoms with Crippen LogP contribution in [0.2, 0.25) is 0 Å². The minimum atomic E-state index is -0.827. The molecule has 18 heavy (non-hydrogen) atoms. The number of rotatable bonds is 6. The summed E-state index contributed by atoms with van der Waals surface area (Å²) in [5.41, 5.74) is 0.233. The van der Waals surface area contributed by atoms with E-state index in [0.29, 0.717) is 19.5 Å². The van der Waals surface area contributed by atoms with Gasteiger partial charge in [-0.25, -0.2) is 4.79 Å². The van der Waals surface area contributed by atoms with Crippen molar-refractivity contribution in [2.45, 2.75) is 51.9 Å². The molecule has 5 nitrogen and oxygen atoms in total. The minimum Gasteiger partial charge on any atom is -0.481 e. The Morgan fingerprint density at radius 2 is 1.83 bits per heavy atom. The lowest BCUT2D eigenvalue weighted by molar-refractivity contribution is -0.137. The zero-order valence-electron chi connectivity index (χ0n) is 11.1. The van der Waals surface area contributed by atoms with Crippen molar-refractivity contribution in [3.8, 4) is 0 Å². The number of amides is 2. The molecule has 0 unspecified atom stereocenters. The van der Waals surface area contributed by atoms with Gasteiger partial charge in [0.2, 0.25) is 0 Å². The standard InChI is InChI=1S/C13H24N2O3/c1-13(7-3-2-4-8-13)10-15-12(18)14-9-5-6-11(16)17/h2-10H2,1H3,(H,16,17)(H2,14,15,18). The van der Waals surface area contributed by atoms with Crippen molar-refractivity contribution >= 4 is 12.0 Å². The number of aliphatic carboxylic acids is 1. The van der Waals surface area contributed by atoms with E-state index >= 15 is 0 Å². The molecule has 1 fully saturated rings. The van der Waals surface area contributed by atoms with Crippen molar-refractivity contribution in [2.75, 3.05) is 13.1 Å². The van der Waals surface area contributed by atoms with Crippen LogP contribution >= 0.6 is 0 Å². The first-order valence-corrected chi connectivity index (χ1v) is 6.75. The second-order valence-electron chi connectivity index (χ2n) is 5.48. The Bertz CT molecular complexity index is 286. The fourth-order valence-electron chi connectivity index (χ4n) is 2.38. The van der Waals surface area contributed by atoms with Crippen molar-refractivity contribution in [2.24, 2.45) is 5.41 Å². The van der Waals surface area contributed by atoms with E-state index in [0.717, 1.165) is 0 Å². The lowest BCUT2D eigenvalue weighted by Crippen LogP contribution is -2.42. The second kappa shape index (κ2) is 7.24. The normalized spacial score (nSPS) is 18.1. The van der Waals surface area contributed by atoms with E-state index in [-0.39, 0.29) is 17.9 Å². The molecule has 0 saturated heterocycles. The fourth-order valence-corrected chi connectivity index (χ4v) is 2.38. The van der Waals surface area contributed by atoms with E-state index in [4.69, 9.17) is 5.11 Å². The average Bonchev–Trinajstić information content (AvgIpc) is 2.33. The molecule has 1 rings (SSSR count). The maximum absolute atomic E-state index is 11.5. The van der Waals surface area contributed by atoms with Crippen molar-refractivity contribution in [3.63, 3.8) is 0 Å². The van der Waals surface area contributed by atoms with E-state index in [1.54, 1.807) is 0 Å². The van der Waals surface area contributed by atoms with Crippen LogP contribution in [0.4, 0.5) is 4.79 Å². The molecule has 2 amide bonds. The SMILES string of the molecule is CC1(CNC(=O)NCCCC(=O)O)CCCCC1. The average molecular weight is 256 g/mol. The quantitative estimate of drug-likeness (QED) is 0.637. The molecule has 3 N–H and O–H groups in total. The van der Waals surface area contributed by atoms with Gasteiger partial charge in [0, 0.05) is 19.5 Å². The molecule has 0 heterocycles. The highest BCUT2D eigenvalue weighted by Crippen LogP contribution is 2.34. The number of hydrogen-bond donors (Lipinski definition) is 3. The first-order valence-electron chi connectivity index (χ1n) is 6.75. The highest BCUT2D eigenvalue weighted by molar-refractivity contribution is 5.74. The van der Waals surface area contributed by atoms with Crippen LogP contribution in [0.1, 0.15) is 51.9 Å². The van der Waals surface area contributed by atoms with Gasteiger partial charge in [0.1, 0.15) is 0 Å². The Balaban J connectivity index is 2.10. The second-order valence-corrected chi connectivity index (χ2v) is 5.48. The molecular formula is C13H24N2O3. The van der Waals surface area contributed by atoms with E-state index < -0.39 is 5.97 Å². The van der Waals surface area contributed by atoms with Crippen LogP contribution in [-0.2, 0) is 4.79 Å². The minimum absolute atomic E-state index is 0.0952. The molecule has 1 aliphatic carbocycles. The zero-order chi connectivity index (χ0) is 13.4. The molecule has 5 heteroatoms. The van der Waals surface area contributed by atoms with Gasteiger partial charge < -0.3 is 15.7 Å². The van der Waals surface area contributed by atoms with Crippen LogP contribution in [0.15, 0.2) is 0 Å². The monoisotopic (exact) mass is 256 g/mol. The van der Waals surface area contributed by atoms with Gasteiger partial charge in [-0.1, -0.05) is 26.2 Å². The molecule has 0 aliphatic heterocycles. The van der Waals surface area contributed by atoms with Crippen molar-refractivity contribution in [1.29, 1.82) is 0 Å². The summed E-state index contributed by atoms with van der Waals surface area (Å²) in [6.07, 6.45) is 6.71. The summed E-state index contributed by atoms with van der Waals surface area (Å²) in [5, 5.41) is 14.0. The summed E-state index contributed by atoms with van der Waals surface area (Å²) in [4.78, 5) is 21.8. The molecule has 1 saturated carbocycles. The van der Waals surface area contributed by atoms with Crippen LogP contribution in [-0.4, -0.2) is 30.2 Å². The number of carboxylic acids is 1. The van der Waals surface area contributed by atoms with Gasteiger partial charge in [0.05, 0.1) is 0 Å². The third kappa shape index (κ3) is 5.89. The maximum atomic E-state index is 11.5. The van der Waals surface area contributed by atoms with E-state index in [9.17, 15) is 9.59 Å². The Hall–Kier alpha value is -1.26. The van der Waals surface area contributed by atoms with Crippen LogP contribution in [0.5, 0.6) is 0 Å². The first kappa shape index (κ1) is 14.8. The highest BCUT2D eigenvalue weighted by Gasteiger charge is 2.26. The van der Waals surface area contributed by atoms with Crippen molar-refractivity contribution < 1.29 is 14.7 Å². The number of carbonyl (C=O) groups excluding carboxylic acids is 1. The molecule has 104 valence electrons. The van der Waals surface area contributed by atoms with Gasteiger partial charge in [0.15, 0.2) is 0 Å². The Morgan fingerprint density at radius 3 is 2.44 bits per heavy atom. The summed E-state index contributed by atoms with van der Waals surface area (Å²) in [7, 11) is 0. The maximum Gasteiger partial charge on any atom is 0.314 e. The smallest absolute Gasteiger partial charge is 0.314 e. The fraction of sp³-hybridized carbons (Fsp3) is 0.846. The molecule has 0 radical (unpaired) electrons. The van der Waals surface area contributed by atoms with Crippen LogP contribution < -0.4 is 10.6 Å². The van der Waals surface area contributed by atoms with Gasteiger partial charge in [-0.2, -0.15) is 0 Å². The molecule has 0 spiro atoms. The summed E-state index contributed by atoms with van der Waals surface area (Å²) < 4.78 is 0. The number of carboxylic acid groups (broad SMARTS) is 1. The van der Waals surface area contributed by atoms with Crippen LogP contribution in [0, 0.1) is 5.41 Å². The summed E-state index contributed by atoms with van der Waals surface area (Å²) in [5.74, 6) is -0.827. The topological polar surface area (TPSA) is 78.4 Å². The van der Waals surface area contributed by atoms with E-state index in [1.165, 1.54) is 32.1 Å². The van der Waals surface area contributed by atoms with E-state index in [1.807, 2.05) is 0 Å². The number of hydrogen-bond acceptors (Lipinski definition) is 2.